The summed E-state index contributed by atoms with van der Waals surface area (Å²) in [5.74, 6) is -0.0199. The second-order valence-electron chi connectivity index (χ2n) is 4.79. The van der Waals surface area contributed by atoms with Gasteiger partial charge in [-0.1, -0.05) is 18.2 Å². The summed E-state index contributed by atoms with van der Waals surface area (Å²) in [6.45, 7) is 2.70. The number of ether oxygens (including phenoxy) is 1. The van der Waals surface area contributed by atoms with Crippen LogP contribution in [-0.2, 0) is 4.74 Å². The van der Waals surface area contributed by atoms with Crippen molar-refractivity contribution in [3.63, 3.8) is 0 Å². The van der Waals surface area contributed by atoms with Gasteiger partial charge in [0.2, 0.25) is 5.78 Å². The molecule has 3 rings (SSSR count). The molecule has 0 fully saturated rings. The number of aryl methyl sites for hydroxylation is 1. The predicted octanol–water partition coefficient (Wildman–Crippen LogP) is 3.42. The van der Waals surface area contributed by atoms with E-state index in [2.05, 4.69) is 4.98 Å². The fourth-order valence-electron chi connectivity index (χ4n) is 2.36. The molecule has 0 bridgehead atoms. The lowest BCUT2D eigenvalue weighted by Crippen LogP contribution is -2.11. The van der Waals surface area contributed by atoms with E-state index in [4.69, 9.17) is 4.74 Å². The van der Waals surface area contributed by atoms with Crippen molar-refractivity contribution in [3.8, 4) is 0 Å². The molecule has 0 spiro atoms. The van der Waals surface area contributed by atoms with Gasteiger partial charge in [-0.2, -0.15) is 0 Å². The second kappa shape index (κ2) is 4.84. The zero-order valence-electron chi connectivity index (χ0n) is 10.8. The van der Waals surface area contributed by atoms with Crippen molar-refractivity contribution in [3.05, 3.63) is 53.4 Å². The van der Waals surface area contributed by atoms with Gasteiger partial charge < -0.3 is 4.74 Å². The Morgan fingerprint density at radius 2 is 2.16 bits per heavy atom. The zero-order chi connectivity index (χ0) is 13.2. The van der Waals surface area contributed by atoms with E-state index >= 15 is 0 Å². The molecule has 0 atom stereocenters. The van der Waals surface area contributed by atoms with Crippen molar-refractivity contribution in [1.82, 2.24) is 4.98 Å². The van der Waals surface area contributed by atoms with Crippen LogP contribution in [0.3, 0.4) is 0 Å². The van der Waals surface area contributed by atoms with E-state index in [1.807, 2.05) is 37.3 Å². The van der Waals surface area contributed by atoms with Gasteiger partial charge in [0.05, 0.1) is 18.4 Å². The van der Waals surface area contributed by atoms with Gasteiger partial charge in [0.25, 0.3) is 0 Å². The maximum atomic E-state index is 12.4. The lowest BCUT2D eigenvalue weighted by Gasteiger charge is -2.13. The first-order valence-corrected chi connectivity index (χ1v) is 6.47. The molecule has 0 radical (unpaired) electrons. The number of rotatable bonds is 2. The van der Waals surface area contributed by atoms with Crippen LogP contribution in [0.5, 0.6) is 0 Å². The molecule has 2 heterocycles. The summed E-state index contributed by atoms with van der Waals surface area (Å²) in [5.41, 5.74) is 3.16. The fraction of sp³-hybridized carbons (Fsp3) is 0.250. The molecular formula is C16H15NO2. The fourth-order valence-corrected chi connectivity index (χ4v) is 2.36. The van der Waals surface area contributed by atoms with Crippen molar-refractivity contribution in [2.45, 2.75) is 19.8 Å². The normalized spacial score (nSPS) is 14.9. The van der Waals surface area contributed by atoms with E-state index in [9.17, 15) is 4.79 Å². The van der Waals surface area contributed by atoms with Gasteiger partial charge in [0.15, 0.2) is 0 Å². The number of aromatic nitrogens is 1. The molecule has 96 valence electrons. The van der Waals surface area contributed by atoms with Crippen LogP contribution in [0.4, 0.5) is 0 Å². The maximum absolute atomic E-state index is 12.4. The smallest absolute Gasteiger partial charge is 0.210 e. The third-order valence-electron chi connectivity index (χ3n) is 3.38. The number of carbonyl (C=O) groups excluding carboxylic acids is 1. The van der Waals surface area contributed by atoms with Crippen molar-refractivity contribution in [2.24, 2.45) is 0 Å². The van der Waals surface area contributed by atoms with E-state index in [1.54, 1.807) is 6.26 Å². The molecule has 19 heavy (non-hydrogen) atoms. The minimum atomic E-state index is -0.0199. The molecular weight excluding hydrogens is 238 g/mol. The van der Waals surface area contributed by atoms with E-state index in [-0.39, 0.29) is 5.78 Å². The monoisotopic (exact) mass is 253 g/mol. The standard InChI is InChI=1S/C16H15NO2/c1-11-9-15(16(18)12-5-4-8-19-10-12)17-14-7-3-2-6-13(11)14/h2-3,6-7,9-10H,4-5,8H2,1H3. The first-order valence-electron chi connectivity index (χ1n) is 6.47. The van der Waals surface area contributed by atoms with Crippen LogP contribution in [0.15, 0.2) is 42.2 Å². The third kappa shape index (κ3) is 2.24. The van der Waals surface area contributed by atoms with Crippen molar-refractivity contribution < 1.29 is 9.53 Å². The van der Waals surface area contributed by atoms with Crippen LogP contribution in [0.25, 0.3) is 10.9 Å². The molecule has 0 amide bonds. The van der Waals surface area contributed by atoms with Crippen LogP contribution in [-0.4, -0.2) is 17.4 Å². The molecule has 0 saturated carbocycles. The van der Waals surface area contributed by atoms with Gasteiger partial charge in [-0.15, -0.1) is 0 Å². The SMILES string of the molecule is Cc1cc(C(=O)C2=COCCC2)nc2ccccc12. The van der Waals surface area contributed by atoms with Gasteiger partial charge in [-0.25, -0.2) is 4.98 Å². The Hall–Kier alpha value is -2.16. The maximum Gasteiger partial charge on any atom is 0.210 e. The van der Waals surface area contributed by atoms with E-state index in [0.29, 0.717) is 17.9 Å². The number of nitrogens with zero attached hydrogens (tertiary/aromatic N) is 1. The number of Topliss-reactive ketones (excluding diaryl/α,β-unsaturated/α-hetero) is 1. The van der Waals surface area contributed by atoms with Crippen LogP contribution in [0.2, 0.25) is 0 Å². The van der Waals surface area contributed by atoms with Crippen molar-refractivity contribution in [1.29, 1.82) is 0 Å². The summed E-state index contributed by atoms with van der Waals surface area (Å²) in [5, 5.41) is 1.09. The molecule has 3 heteroatoms. The van der Waals surface area contributed by atoms with E-state index < -0.39 is 0 Å². The lowest BCUT2D eigenvalue weighted by atomic mass is 10.0. The van der Waals surface area contributed by atoms with Gasteiger partial charge >= 0.3 is 0 Å². The summed E-state index contributed by atoms with van der Waals surface area (Å²) >= 11 is 0. The average molecular weight is 253 g/mol. The number of para-hydroxylation sites is 1. The second-order valence-corrected chi connectivity index (χ2v) is 4.79. The van der Waals surface area contributed by atoms with Crippen LogP contribution in [0.1, 0.15) is 28.9 Å². The summed E-state index contributed by atoms with van der Waals surface area (Å²) in [7, 11) is 0. The Labute approximate surface area is 111 Å². The number of pyridine rings is 1. The number of benzene rings is 1. The third-order valence-corrected chi connectivity index (χ3v) is 3.38. The Balaban J connectivity index is 2.05. The molecule has 1 aliphatic heterocycles. The minimum absolute atomic E-state index is 0.0199. The molecule has 1 aliphatic rings. The lowest BCUT2D eigenvalue weighted by molar-refractivity contribution is 0.101. The minimum Gasteiger partial charge on any atom is -0.501 e. The Morgan fingerprint density at radius 1 is 1.32 bits per heavy atom. The summed E-state index contributed by atoms with van der Waals surface area (Å²) in [6.07, 6.45) is 3.24. The first-order chi connectivity index (χ1) is 9.25. The average Bonchev–Trinajstić information content (AvgIpc) is 2.47. The number of ketones is 1. The van der Waals surface area contributed by atoms with Crippen LogP contribution >= 0.6 is 0 Å². The van der Waals surface area contributed by atoms with Crippen LogP contribution < -0.4 is 0 Å². The Bertz CT molecular complexity index is 674. The van der Waals surface area contributed by atoms with Gasteiger partial charge in [0, 0.05) is 11.0 Å². The molecule has 1 aromatic heterocycles. The van der Waals surface area contributed by atoms with Crippen molar-refractivity contribution in [2.75, 3.05) is 6.61 Å². The quantitative estimate of drug-likeness (QED) is 0.770. The van der Waals surface area contributed by atoms with Gasteiger partial charge in [0.1, 0.15) is 5.69 Å². The van der Waals surface area contributed by atoms with Crippen LogP contribution in [0, 0.1) is 6.92 Å². The van der Waals surface area contributed by atoms with E-state index in [1.165, 1.54) is 0 Å². The summed E-state index contributed by atoms with van der Waals surface area (Å²) in [6, 6.07) is 9.74. The number of hydrogen-bond donors (Lipinski definition) is 0. The Morgan fingerprint density at radius 3 is 2.95 bits per heavy atom. The zero-order valence-corrected chi connectivity index (χ0v) is 10.8. The first kappa shape index (κ1) is 11.9. The highest BCUT2D eigenvalue weighted by atomic mass is 16.5. The summed E-state index contributed by atoms with van der Waals surface area (Å²) < 4.78 is 5.23. The predicted molar refractivity (Wildman–Crippen MR) is 74.1 cm³/mol. The molecule has 0 N–H and O–H groups in total. The molecule has 0 aliphatic carbocycles. The molecule has 3 nitrogen and oxygen atoms in total. The Kier molecular flexibility index (Phi) is 3.03. The number of carbonyl (C=O) groups is 1. The molecule has 0 unspecified atom stereocenters. The molecule has 2 aromatic rings. The molecule has 0 saturated heterocycles. The summed E-state index contributed by atoms with van der Waals surface area (Å²) in [4.78, 5) is 16.9. The topological polar surface area (TPSA) is 39.2 Å². The highest BCUT2D eigenvalue weighted by Gasteiger charge is 2.17. The highest BCUT2D eigenvalue weighted by Crippen LogP contribution is 2.21. The number of hydrogen-bond acceptors (Lipinski definition) is 3. The molecule has 1 aromatic carbocycles. The van der Waals surface area contributed by atoms with Gasteiger partial charge in [-0.05, 0) is 37.5 Å². The highest BCUT2D eigenvalue weighted by molar-refractivity contribution is 6.08. The van der Waals surface area contributed by atoms with Crippen molar-refractivity contribution >= 4 is 16.7 Å². The van der Waals surface area contributed by atoms with Gasteiger partial charge in [-0.3, -0.25) is 4.79 Å². The largest absolute Gasteiger partial charge is 0.501 e. The number of fused-ring (bicyclic) bond motifs is 1. The number of allylic oxidation sites excluding steroid dienone is 1. The van der Waals surface area contributed by atoms with E-state index in [0.717, 1.165) is 29.3 Å².